The molecule has 2 aliphatic rings. The average Bonchev–Trinajstić information content (AvgIpc) is 3.43. The van der Waals surface area contributed by atoms with E-state index in [1.807, 2.05) is 18.4 Å². The highest BCUT2D eigenvalue weighted by atomic mass is 127. The Morgan fingerprint density at radius 3 is 2.97 bits per heavy atom. The molecule has 2 fully saturated rings. The molecule has 3 unspecified atom stereocenters. The molecule has 2 saturated heterocycles. The van der Waals surface area contributed by atoms with E-state index in [9.17, 15) is 0 Å². The van der Waals surface area contributed by atoms with Crippen LogP contribution in [0.15, 0.2) is 22.5 Å². The number of ether oxygens (including phenoxy) is 3. The Morgan fingerprint density at radius 2 is 2.27 bits per heavy atom. The van der Waals surface area contributed by atoms with Crippen molar-refractivity contribution in [2.75, 3.05) is 59.7 Å². The summed E-state index contributed by atoms with van der Waals surface area (Å²) < 4.78 is 17.0. The summed E-state index contributed by atoms with van der Waals surface area (Å²) in [6.45, 7) is 8.86. The summed E-state index contributed by atoms with van der Waals surface area (Å²) in [4.78, 5) is 8.27. The van der Waals surface area contributed by atoms with Gasteiger partial charge in [-0.25, -0.2) is 0 Å². The molecule has 2 aliphatic heterocycles. The highest BCUT2D eigenvalue weighted by Gasteiger charge is 2.26. The number of hydrogen-bond donors (Lipinski definition) is 2. The zero-order chi connectivity index (χ0) is 20.3. The molecule has 0 aromatic carbocycles. The third-order valence-corrected chi connectivity index (χ3v) is 6.33. The van der Waals surface area contributed by atoms with Crippen molar-refractivity contribution < 1.29 is 14.2 Å². The van der Waals surface area contributed by atoms with Gasteiger partial charge < -0.3 is 24.8 Å². The van der Waals surface area contributed by atoms with Gasteiger partial charge >= 0.3 is 0 Å². The Bertz CT molecular complexity index is 599. The van der Waals surface area contributed by atoms with E-state index in [0.29, 0.717) is 18.8 Å². The average molecular weight is 553 g/mol. The van der Waals surface area contributed by atoms with Gasteiger partial charge in [-0.05, 0) is 37.6 Å². The normalized spacial score (nSPS) is 23.7. The van der Waals surface area contributed by atoms with E-state index < -0.39 is 0 Å². The van der Waals surface area contributed by atoms with Crippen LogP contribution >= 0.6 is 35.3 Å². The summed E-state index contributed by atoms with van der Waals surface area (Å²) >= 11 is 1.81. The lowest BCUT2D eigenvalue weighted by atomic mass is 10.1. The van der Waals surface area contributed by atoms with Gasteiger partial charge in [-0.2, -0.15) is 0 Å². The molecule has 3 heterocycles. The molecule has 1 aromatic rings. The highest BCUT2D eigenvalue weighted by Crippen LogP contribution is 2.26. The second-order valence-electron chi connectivity index (χ2n) is 7.65. The lowest BCUT2D eigenvalue weighted by molar-refractivity contribution is -0.0334. The van der Waals surface area contributed by atoms with Gasteiger partial charge in [0, 0.05) is 51.3 Å². The number of morpholine rings is 1. The van der Waals surface area contributed by atoms with E-state index in [1.54, 1.807) is 0 Å². The van der Waals surface area contributed by atoms with Crippen LogP contribution in [0, 0.1) is 0 Å². The molecule has 3 atom stereocenters. The number of aliphatic imine (C=N–C) groups is 1. The number of guanidine groups is 1. The molecular formula is C21H37IN4O3S. The predicted molar refractivity (Wildman–Crippen MR) is 133 cm³/mol. The molecule has 0 amide bonds. The summed E-state index contributed by atoms with van der Waals surface area (Å²) in [5, 5.41) is 9.05. The third kappa shape index (κ3) is 8.58. The van der Waals surface area contributed by atoms with Crippen LogP contribution in [-0.2, 0) is 14.2 Å². The topological polar surface area (TPSA) is 67.4 Å². The molecule has 172 valence electrons. The van der Waals surface area contributed by atoms with Crippen LogP contribution in [0.1, 0.15) is 37.1 Å². The fourth-order valence-electron chi connectivity index (χ4n) is 3.80. The molecule has 3 rings (SSSR count). The van der Waals surface area contributed by atoms with E-state index >= 15 is 0 Å². The summed E-state index contributed by atoms with van der Waals surface area (Å²) in [5.74, 6) is 0.840. The van der Waals surface area contributed by atoms with Crippen LogP contribution in [0.5, 0.6) is 0 Å². The standard InChI is InChI=1S/C21H36N4O3S.HI/c1-17-15-25(9-12-27-17)19(20-7-4-13-29-20)14-24-21(22-2)23-8-5-10-26-16-18-6-3-11-28-18;/h4,7,13,17-19H,3,5-6,8-12,14-16H2,1-2H3,(H2,22,23,24);1H. The van der Waals surface area contributed by atoms with E-state index in [1.165, 1.54) is 4.88 Å². The zero-order valence-electron chi connectivity index (χ0n) is 18.2. The second-order valence-corrected chi connectivity index (χ2v) is 8.63. The van der Waals surface area contributed by atoms with Crippen LogP contribution in [0.3, 0.4) is 0 Å². The summed E-state index contributed by atoms with van der Waals surface area (Å²) in [5.41, 5.74) is 0. The zero-order valence-corrected chi connectivity index (χ0v) is 21.3. The molecule has 30 heavy (non-hydrogen) atoms. The van der Waals surface area contributed by atoms with Gasteiger partial charge in [0.1, 0.15) is 0 Å². The molecule has 7 nitrogen and oxygen atoms in total. The first-order valence-corrected chi connectivity index (χ1v) is 11.7. The van der Waals surface area contributed by atoms with Gasteiger partial charge in [0.2, 0.25) is 0 Å². The molecule has 0 radical (unpaired) electrons. The van der Waals surface area contributed by atoms with Crippen molar-refractivity contribution in [3.8, 4) is 0 Å². The number of nitrogens with one attached hydrogen (secondary N) is 2. The maximum atomic E-state index is 5.73. The number of hydrogen-bond acceptors (Lipinski definition) is 6. The first-order chi connectivity index (χ1) is 14.3. The quantitative estimate of drug-likeness (QED) is 0.202. The van der Waals surface area contributed by atoms with Gasteiger partial charge in [0.05, 0.1) is 31.5 Å². The fourth-order valence-corrected chi connectivity index (χ4v) is 4.67. The minimum Gasteiger partial charge on any atom is -0.379 e. The van der Waals surface area contributed by atoms with Crippen molar-refractivity contribution in [3.63, 3.8) is 0 Å². The first-order valence-electron chi connectivity index (χ1n) is 10.8. The molecule has 0 spiro atoms. The van der Waals surface area contributed by atoms with Crippen molar-refractivity contribution >= 4 is 41.3 Å². The van der Waals surface area contributed by atoms with Crippen LogP contribution in [-0.4, -0.2) is 82.7 Å². The number of halogens is 1. The van der Waals surface area contributed by atoms with E-state index in [2.05, 4.69) is 45.0 Å². The summed E-state index contributed by atoms with van der Waals surface area (Å²) in [7, 11) is 1.82. The summed E-state index contributed by atoms with van der Waals surface area (Å²) in [6.07, 6.45) is 3.81. The molecule has 1 aromatic heterocycles. The molecular weight excluding hydrogens is 515 g/mol. The van der Waals surface area contributed by atoms with Crippen LogP contribution < -0.4 is 10.6 Å². The lowest BCUT2D eigenvalue weighted by Gasteiger charge is -2.37. The van der Waals surface area contributed by atoms with Crippen LogP contribution in [0.25, 0.3) is 0 Å². The lowest BCUT2D eigenvalue weighted by Crippen LogP contribution is -2.48. The van der Waals surface area contributed by atoms with Crippen LogP contribution in [0.4, 0.5) is 0 Å². The minimum absolute atomic E-state index is 0. The molecule has 0 saturated carbocycles. The van der Waals surface area contributed by atoms with Gasteiger partial charge in [-0.1, -0.05) is 6.07 Å². The third-order valence-electron chi connectivity index (χ3n) is 5.36. The van der Waals surface area contributed by atoms with E-state index in [0.717, 1.165) is 71.2 Å². The number of nitrogens with zero attached hydrogens (tertiary/aromatic N) is 2. The number of rotatable bonds is 10. The van der Waals surface area contributed by atoms with Crippen molar-refractivity contribution in [1.82, 2.24) is 15.5 Å². The van der Waals surface area contributed by atoms with E-state index in [-0.39, 0.29) is 30.1 Å². The first kappa shape index (κ1) is 25.8. The Hall–Kier alpha value is -0.460. The largest absolute Gasteiger partial charge is 0.379 e. The van der Waals surface area contributed by atoms with Crippen molar-refractivity contribution in [2.24, 2.45) is 4.99 Å². The Morgan fingerprint density at radius 1 is 1.37 bits per heavy atom. The monoisotopic (exact) mass is 552 g/mol. The van der Waals surface area contributed by atoms with Crippen molar-refractivity contribution in [2.45, 2.75) is 44.4 Å². The SMILES string of the molecule is CN=C(NCCCOCC1CCCO1)NCC(c1cccs1)N1CCOC(C)C1.I. The highest BCUT2D eigenvalue weighted by molar-refractivity contribution is 14.0. The molecule has 9 heteroatoms. The smallest absolute Gasteiger partial charge is 0.191 e. The van der Waals surface area contributed by atoms with E-state index in [4.69, 9.17) is 14.2 Å². The fraction of sp³-hybridized carbons (Fsp3) is 0.762. The van der Waals surface area contributed by atoms with Gasteiger partial charge in [-0.3, -0.25) is 9.89 Å². The minimum atomic E-state index is 0. The van der Waals surface area contributed by atoms with Crippen molar-refractivity contribution in [3.05, 3.63) is 22.4 Å². The second kappa shape index (κ2) is 14.6. The number of thiophene rings is 1. The van der Waals surface area contributed by atoms with Gasteiger partial charge in [-0.15, -0.1) is 35.3 Å². The van der Waals surface area contributed by atoms with Gasteiger partial charge in [0.15, 0.2) is 5.96 Å². The Kier molecular flexibility index (Phi) is 12.5. The van der Waals surface area contributed by atoms with Crippen molar-refractivity contribution in [1.29, 1.82) is 0 Å². The maximum absolute atomic E-state index is 5.73. The molecule has 0 aliphatic carbocycles. The summed E-state index contributed by atoms with van der Waals surface area (Å²) in [6, 6.07) is 4.67. The Labute approximate surface area is 202 Å². The Balaban J connectivity index is 0.00000320. The predicted octanol–water partition coefficient (Wildman–Crippen LogP) is 2.88. The maximum Gasteiger partial charge on any atom is 0.191 e. The molecule has 2 N–H and O–H groups in total. The molecule has 0 bridgehead atoms. The van der Waals surface area contributed by atoms with Gasteiger partial charge in [0.25, 0.3) is 0 Å². The van der Waals surface area contributed by atoms with Crippen LogP contribution in [0.2, 0.25) is 0 Å².